The fourth-order valence-electron chi connectivity index (χ4n) is 11.8. The molecule has 350 valence electrons. The van der Waals surface area contributed by atoms with Crippen molar-refractivity contribution in [3.63, 3.8) is 0 Å². The summed E-state index contributed by atoms with van der Waals surface area (Å²) in [5.74, 6) is 0.109. The summed E-state index contributed by atoms with van der Waals surface area (Å²) in [4.78, 5) is 63.7. The molecule has 8 heterocycles. The highest BCUT2D eigenvalue weighted by Gasteiger charge is 2.48. The van der Waals surface area contributed by atoms with Gasteiger partial charge in [-0.15, -0.1) is 0 Å². The lowest BCUT2D eigenvalue weighted by Crippen LogP contribution is -2.57. The van der Waals surface area contributed by atoms with Crippen LogP contribution in [0.15, 0.2) is 47.7 Å². The number of hydrogen-bond donors (Lipinski definition) is 2. The van der Waals surface area contributed by atoms with E-state index in [1.807, 2.05) is 18.2 Å². The van der Waals surface area contributed by atoms with Crippen LogP contribution in [0.25, 0.3) is 16.7 Å². The van der Waals surface area contributed by atoms with Crippen molar-refractivity contribution >= 4 is 45.9 Å². The summed E-state index contributed by atoms with van der Waals surface area (Å²) in [6.45, 7) is 6.97. The van der Waals surface area contributed by atoms with Crippen LogP contribution < -0.4 is 21.2 Å². The highest BCUT2D eigenvalue weighted by atomic mass is 19.3. The SMILES string of the molecule is CO[C@]1(CN2CCN(C[C@H]3CC[C@H](n4cc(NC(=O)c5cnn6ccc(N7C[C@H]8C[C@@H]7CO8)nc56)c(C(F)F)n4)CC3)CC2)C[C@@H](c2cccc3c2n(C)c(=O)n3C2CCC(=O)NC2=O)C1. The van der Waals surface area contributed by atoms with E-state index in [4.69, 9.17) is 14.5 Å². The molecule has 4 aliphatic heterocycles. The predicted molar refractivity (Wildman–Crippen MR) is 238 cm³/mol. The van der Waals surface area contributed by atoms with Crippen LogP contribution in [0, 0.1) is 5.92 Å². The van der Waals surface area contributed by atoms with E-state index in [0.29, 0.717) is 30.1 Å². The second kappa shape index (κ2) is 16.9. The molecule has 4 saturated heterocycles. The van der Waals surface area contributed by atoms with E-state index < -0.39 is 30.0 Å². The number of fused-ring (bicyclic) bond motifs is 4. The van der Waals surface area contributed by atoms with Crippen molar-refractivity contribution in [2.24, 2.45) is 13.0 Å². The first-order valence-electron chi connectivity index (χ1n) is 23.4. The lowest BCUT2D eigenvalue weighted by molar-refractivity contribution is -0.135. The number of methoxy groups -OCH3 is 1. The van der Waals surface area contributed by atoms with Gasteiger partial charge in [-0.25, -0.2) is 23.1 Å². The summed E-state index contributed by atoms with van der Waals surface area (Å²) in [6, 6.07) is 7.25. The molecule has 0 radical (unpaired) electrons. The van der Waals surface area contributed by atoms with Crippen molar-refractivity contribution in [3.8, 4) is 0 Å². The maximum Gasteiger partial charge on any atom is 0.329 e. The zero-order valence-electron chi connectivity index (χ0n) is 37.3. The van der Waals surface area contributed by atoms with Gasteiger partial charge in [0.25, 0.3) is 12.3 Å². The number of rotatable bonds is 12. The van der Waals surface area contributed by atoms with Crippen LogP contribution in [-0.4, -0.2) is 138 Å². The van der Waals surface area contributed by atoms with Crippen molar-refractivity contribution in [1.29, 1.82) is 0 Å². The number of carbonyl (C=O) groups is 3. The number of piperazine rings is 1. The molecule has 0 spiro atoms. The van der Waals surface area contributed by atoms with Gasteiger partial charge >= 0.3 is 5.69 Å². The second-order valence-electron chi connectivity index (χ2n) is 19.4. The highest BCUT2D eigenvalue weighted by molar-refractivity contribution is 6.08. The molecule has 6 fully saturated rings. The monoisotopic (exact) mass is 910 g/mol. The molecule has 6 aliphatic rings. The molecule has 20 heteroatoms. The van der Waals surface area contributed by atoms with Crippen molar-refractivity contribution in [2.75, 3.05) is 69.7 Å². The molecule has 1 aromatic carbocycles. The number of aryl methyl sites for hydroxylation is 1. The number of anilines is 2. The molecule has 3 atom stereocenters. The van der Waals surface area contributed by atoms with Crippen LogP contribution in [0.2, 0.25) is 0 Å². The third-order valence-corrected chi connectivity index (χ3v) is 15.5. The number of imide groups is 1. The average molecular weight is 911 g/mol. The summed E-state index contributed by atoms with van der Waals surface area (Å²) in [7, 11) is 3.54. The topological polar surface area (TPSA) is 178 Å². The molecule has 4 aromatic heterocycles. The minimum Gasteiger partial charge on any atom is -0.377 e. The second-order valence-corrected chi connectivity index (χ2v) is 19.4. The number of imidazole rings is 1. The van der Waals surface area contributed by atoms with E-state index in [2.05, 4.69) is 41.6 Å². The maximum atomic E-state index is 14.4. The molecule has 18 nitrogen and oxygen atoms in total. The van der Waals surface area contributed by atoms with Crippen LogP contribution >= 0.6 is 0 Å². The van der Waals surface area contributed by atoms with E-state index in [0.717, 1.165) is 108 Å². The van der Waals surface area contributed by atoms with Crippen molar-refractivity contribution in [3.05, 3.63) is 70.2 Å². The Morgan fingerprint density at radius 1 is 1.03 bits per heavy atom. The van der Waals surface area contributed by atoms with Crippen molar-refractivity contribution < 1.29 is 32.6 Å². The van der Waals surface area contributed by atoms with Gasteiger partial charge in [-0.2, -0.15) is 10.2 Å². The van der Waals surface area contributed by atoms with Crippen LogP contribution in [0.4, 0.5) is 20.3 Å². The summed E-state index contributed by atoms with van der Waals surface area (Å²) >= 11 is 0. The molecule has 2 N–H and O–H groups in total. The van der Waals surface area contributed by atoms with Gasteiger partial charge in [0.1, 0.15) is 17.4 Å². The Kier molecular flexibility index (Phi) is 11.0. The lowest BCUT2D eigenvalue weighted by Gasteiger charge is -2.50. The number of ether oxygens (including phenoxy) is 2. The molecular weight excluding hydrogens is 855 g/mol. The quantitative estimate of drug-likeness (QED) is 0.172. The number of carbonyl (C=O) groups excluding carboxylic acids is 3. The first-order valence-corrected chi connectivity index (χ1v) is 23.4. The Labute approximate surface area is 379 Å². The van der Waals surface area contributed by atoms with Crippen LogP contribution in [-0.2, 0) is 26.1 Å². The van der Waals surface area contributed by atoms with E-state index in [-0.39, 0.29) is 59.0 Å². The number of piperidine rings is 1. The number of morpholine rings is 1. The van der Waals surface area contributed by atoms with Gasteiger partial charge in [0, 0.05) is 78.8 Å². The lowest BCUT2D eigenvalue weighted by atomic mass is 9.67. The number of benzene rings is 1. The maximum absolute atomic E-state index is 14.4. The van der Waals surface area contributed by atoms with Gasteiger partial charge in [-0.1, -0.05) is 12.1 Å². The van der Waals surface area contributed by atoms with E-state index in [1.54, 1.807) is 40.4 Å². The molecule has 3 amide bonds. The van der Waals surface area contributed by atoms with Gasteiger partial charge < -0.3 is 24.6 Å². The largest absolute Gasteiger partial charge is 0.377 e. The van der Waals surface area contributed by atoms with Crippen LogP contribution in [0.5, 0.6) is 0 Å². The fraction of sp³-hybridized carbons (Fsp3) is 0.587. The number of hydrogen-bond acceptors (Lipinski definition) is 12. The minimum atomic E-state index is -2.86. The van der Waals surface area contributed by atoms with Gasteiger partial charge in [-0.05, 0) is 80.9 Å². The summed E-state index contributed by atoms with van der Waals surface area (Å²) in [5, 5.41) is 13.7. The van der Waals surface area contributed by atoms with Crippen LogP contribution in [0.3, 0.4) is 0 Å². The number of halogens is 2. The smallest absolute Gasteiger partial charge is 0.329 e. The zero-order valence-corrected chi connectivity index (χ0v) is 37.3. The molecule has 11 rings (SSSR count). The average Bonchev–Trinajstić information content (AvgIpc) is 4.16. The number of para-hydroxylation sites is 1. The van der Waals surface area contributed by atoms with Gasteiger partial charge in [0.05, 0.1) is 53.3 Å². The van der Waals surface area contributed by atoms with Gasteiger partial charge in [0.15, 0.2) is 11.3 Å². The van der Waals surface area contributed by atoms with E-state index >= 15 is 0 Å². The summed E-state index contributed by atoms with van der Waals surface area (Å²) in [6.07, 6.45) is 8.67. The Balaban J connectivity index is 0.668. The van der Waals surface area contributed by atoms with E-state index in [9.17, 15) is 28.0 Å². The Morgan fingerprint density at radius 3 is 2.53 bits per heavy atom. The molecule has 2 bridgehead atoms. The number of amides is 3. The van der Waals surface area contributed by atoms with Gasteiger partial charge in [0.2, 0.25) is 11.8 Å². The number of aromatic nitrogens is 7. The highest BCUT2D eigenvalue weighted by Crippen LogP contribution is 2.49. The number of nitrogens with one attached hydrogen (secondary N) is 2. The Hall–Kier alpha value is -5.57. The number of nitrogens with zero attached hydrogens (tertiary/aromatic N) is 10. The fourth-order valence-corrected chi connectivity index (χ4v) is 11.8. The zero-order chi connectivity index (χ0) is 45.4. The molecular formula is C46H56F2N12O6. The van der Waals surface area contributed by atoms with E-state index in [1.165, 1.54) is 10.7 Å². The van der Waals surface area contributed by atoms with Gasteiger partial charge in [-0.3, -0.25) is 38.4 Å². The van der Waals surface area contributed by atoms with Crippen molar-refractivity contribution in [1.82, 2.24) is 48.6 Å². The summed E-state index contributed by atoms with van der Waals surface area (Å²) in [5.41, 5.74) is 2.16. The first kappa shape index (κ1) is 43.0. The molecule has 5 aromatic rings. The molecule has 66 heavy (non-hydrogen) atoms. The normalized spacial score (nSPS) is 28.5. The number of alkyl halides is 2. The first-order chi connectivity index (χ1) is 31.9. The third-order valence-electron chi connectivity index (χ3n) is 15.5. The minimum absolute atomic E-state index is 0.00165. The Morgan fingerprint density at radius 2 is 1.82 bits per heavy atom. The molecule has 2 saturated carbocycles. The Bertz CT molecular complexity index is 2740. The third kappa shape index (κ3) is 7.68. The molecule has 2 aliphatic carbocycles. The summed E-state index contributed by atoms with van der Waals surface area (Å²) < 4.78 is 47.0. The predicted octanol–water partition coefficient (Wildman–Crippen LogP) is 4.04. The standard InChI is InChI=1S/C46H56F2N12O6/c1-54-40-32(4-3-5-35(40)60(45(54)64)36-10-11-38(61)52-44(36)63)28-19-46(20-28,65-2)26-56-16-14-55(15-17-56)22-27-6-8-29(9-7-27)59-24-34(39(53-59)41(47)48)50-43(62)33-21-49-58-13-12-37(51-42(33)58)57-23-31-18-30(57)25-66-31/h3-5,12-13,21,24,27-31,36,41H,6-11,14-20,22-23,25-26H2,1-2H3,(H,50,62)(H,52,61,63)/t27-,28-,29-,30-,31-,36?,46-/m1/s1. The van der Waals surface area contributed by atoms with Crippen LogP contribution in [0.1, 0.15) is 104 Å². The molecule has 1 unspecified atom stereocenters. The van der Waals surface area contributed by atoms with Crippen molar-refractivity contribution in [2.45, 2.75) is 100.0 Å².